The summed E-state index contributed by atoms with van der Waals surface area (Å²) in [6.07, 6.45) is 6.26. The molecule has 0 radical (unpaired) electrons. The average Bonchev–Trinajstić information content (AvgIpc) is 2.75. The molecule has 2 aliphatic rings. The first-order valence-corrected chi connectivity index (χ1v) is 7.34. The lowest BCUT2D eigenvalue weighted by Gasteiger charge is -2.26. The lowest BCUT2D eigenvalue weighted by Crippen LogP contribution is -2.30. The molecule has 4 heteroatoms. The summed E-state index contributed by atoms with van der Waals surface area (Å²) in [4.78, 5) is 14.3. The SMILES string of the molecule is COc1cc2c(cc1F)CN(CC1CCCCC1)C2=O. The molecule has 0 atom stereocenters. The lowest BCUT2D eigenvalue weighted by molar-refractivity contribution is 0.0737. The molecule has 0 aromatic heterocycles. The van der Waals surface area contributed by atoms with E-state index in [9.17, 15) is 9.18 Å². The maximum atomic E-state index is 13.7. The van der Waals surface area contributed by atoms with E-state index in [1.807, 2.05) is 4.90 Å². The van der Waals surface area contributed by atoms with Gasteiger partial charge in [0.05, 0.1) is 7.11 Å². The zero-order valence-corrected chi connectivity index (χ0v) is 11.8. The van der Waals surface area contributed by atoms with Gasteiger partial charge >= 0.3 is 0 Å². The second kappa shape index (κ2) is 5.43. The third-order valence-electron chi connectivity index (χ3n) is 4.46. The van der Waals surface area contributed by atoms with Crippen molar-refractivity contribution in [1.29, 1.82) is 0 Å². The van der Waals surface area contributed by atoms with Crippen LogP contribution in [0.5, 0.6) is 5.75 Å². The third kappa shape index (κ3) is 2.39. The highest BCUT2D eigenvalue weighted by Crippen LogP contribution is 2.32. The van der Waals surface area contributed by atoms with E-state index in [0.717, 1.165) is 12.1 Å². The number of carbonyl (C=O) groups is 1. The molecule has 1 aliphatic heterocycles. The molecule has 1 heterocycles. The van der Waals surface area contributed by atoms with Crippen molar-refractivity contribution < 1.29 is 13.9 Å². The van der Waals surface area contributed by atoms with Crippen LogP contribution in [-0.2, 0) is 6.54 Å². The summed E-state index contributed by atoms with van der Waals surface area (Å²) in [5, 5.41) is 0. The molecular weight excluding hydrogens is 257 g/mol. The fraction of sp³-hybridized carbons (Fsp3) is 0.562. The smallest absolute Gasteiger partial charge is 0.254 e. The van der Waals surface area contributed by atoms with E-state index in [4.69, 9.17) is 4.74 Å². The van der Waals surface area contributed by atoms with Gasteiger partial charge in [0.15, 0.2) is 11.6 Å². The topological polar surface area (TPSA) is 29.5 Å². The molecule has 108 valence electrons. The van der Waals surface area contributed by atoms with Crippen LogP contribution in [0.25, 0.3) is 0 Å². The van der Waals surface area contributed by atoms with Crippen LogP contribution < -0.4 is 4.74 Å². The van der Waals surface area contributed by atoms with Crippen LogP contribution in [0.3, 0.4) is 0 Å². The van der Waals surface area contributed by atoms with Gasteiger partial charge in [-0.3, -0.25) is 4.79 Å². The van der Waals surface area contributed by atoms with E-state index in [-0.39, 0.29) is 11.7 Å². The molecule has 0 bridgehead atoms. The van der Waals surface area contributed by atoms with Crippen molar-refractivity contribution >= 4 is 5.91 Å². The van der Waals surface area contributed by atoms with Crippen molar-refractivity contribution in [3.63, 3.8) is 0 Å². The van der Waals surface area contributed by atoms with Crippen molar-refractivity contribution in [2.75, 3.05) is 13.7 Å². The van der Waals surface area contributed by atoms with Gasteiger partial charge in [-0.15, -0.1) is 0 Å². The normalized spacial score (nSPS) is 19.3. The zero-order chi connectivity index (χ0) is 14.1. The van der Waals surface area contributed by atoms with E-state index in [0.29, 0.717) is 18.0 Å². The maximum absolute atomic E-state index is 13.7. The summed E-state index contributed by atoms with van der Waals surface area (Å²) >= 11 is 0. The van der Waals surface area contributed by atoms with Gasteiger partial charge in [-0.05, 0) is 36.5 Å². The first kappa shape index (κ1) is 13.4. The van der Waals surface area contributed by atoms with E-state index >= 15 is 0 Å². The predicted molar refractivity (Wildman–Crippen MR) is 74.3 cm³/mol. The van der Waals surface area contributed by atoms with Gasteiger partial charge < -0.3 is 9.64 Å². The Morgan fingerprint density at radius 2 is 2.05 bits per heavy atom. The monoisotopic (exact) mass is 277 g/mol. The quantitative estimate of drug-likeness (QED) is 0.847. The Bertz CT molecular complexity index is 523. The molecule has 0 saturated heterocycles. The maximum Gasteiger partial charge on any atom is 0.254 e. The van der Waals surface area contributed by atoms with E-state index in [1.54, 1.807) is 0 Å². The van der Waals surface area contributed by atoms with Gasteiger partial charge in [0.25, 0.3) is 5.91 Å². The number of hydrogen-bond donors (Lipinski definition) is 0. The van der Waals surface area contributed by atoms with Crippen molar-refractivity contribution in [3.8, 4) is 5.75 Å². The number of fused-ring (bicyclic) bond motifs is 1. The second-order valence-electron chi connectivity index (χ2n) is 5.83. The molecule has 3 nitrogen and oxygen atoms in total. The Hall–Kier alpha value is -1.58. The molecule has 20 heavy (non-hydrogen) atoms. The van der Waals surface area contributed by atoms with E-state index in [2.05, 4.69) is 0 Å². The van der Waals surface area contributed by atoms with Crippen LogP contribution >= 0.6 is 0 Å². The largest absolute Gasteiger partial charge is 0.494 e. The Kier molecular flexibility index (Phi) is 3.64. The number of benzene rings is 1. The van der Waals surface area contributed by atoms with Crippen LogP contribution in [0, 0.1) is 11.7 Å². The molecule has 0 unspecified atom stereocenters. The van der Waals surface area contributed by atoms with Gasteiger partial charge in [-0.1, -0.05) is 19.3 Å². The summed E-state index contributed by atoms with van der Waals surface area (Å²) in [6, 6.07) is 2.97. The summed E-state index contributed by atoms with van der Waals surface area (Å²) in [5.74, 6) is 0.382. The van der Waals surface area contributed by atoms with Crippen LogP contribution in [0.1, 0.15) is 48.0 Å². The standard InChI is InChI=1S/C16H20FNO2/c1-20-15-8-13-12(7-14(15)17)10-18(16(13)19)9-11-5-3-2-4-6-11/h7-8,11H,2-6,9-10H2,1H3. The molecule has 3 rings (SSSR count). The van der Waals surface area contributed by atoms with Gasteiger partial charge in [0.1, 0.15) is 0 Å². The summed E-state index contributed by atoms with van der Waals surface area (Å²) < 4.78 is 18.7. The minimum absolute atomic E-state index is 0.0175. The molecular formula is C16H20FNO2. The van der Waals surface area contributed by atoms with Gasteiger partial charge in [0, 0.05) is 18.7 Å². The second-order valence-corrected chi connectivity index (χ2v) is 5.83. The van der Waals surface area contributed by atoms with E-state index < -0.39 is 5.82 Å². The molecule has 1 amide bonds. The number of rotatable bonds is 3. The highest BCUT2D eigenvalue weighted by molar-refractivity contribution is 5.98. The molecule has 1 aromatic rings. The number of amides is 1. The van der Waals surface area contributed by atoms with Crippen LogP contribution in [0.4, 0.5) is 4.39 Å². The first-order valence-electron chi connectivity index (χ1n) is 7.34. The lowest BCUT2D eigenvalue weighted by atomic mass is 9.89. The Balaban J connectivity index is 1.76. The molecule has 0 spiro atoms. The number of halogens is 1. The predicted octanol–water partition coefficient (Wildman–Crippen LogP) is 3.37. The average molecular weight is 277 g/mol. The summed E-state index contributed by atoms with van der Waals surface area (Å²) in [6.45, 7) is 1.34. The number of hydrogen-bond acceptors (Lipinski definition) is 2. The van der Waals surface area contributed by atoms with Crippen molar-refractivity contribution in [3.05, 3.63) is 29.1 Å². The van der Waals surface area contributed by atoms with Crippen molar-refractivity contribution in [2.45, 2.75) is 38.6 Å². The molecule has 1 aliphatic carbocycles. The van der Waals surface area contributed by atoms with Crippen LogP contribution in [0.15, 0.2) is 12.1 Å². The fourth-order valence-electron chi connectivity index (χ4n) is 3.36. The van der Waals surface area contributed by atoms with Crippen LogP contribution in [-0.4, -0.2) is 24.5 Å². The number of nitrogens with zero attached hydrogens (tertiary/aromatic N) is 1. The minimum atomic E-state index is -0.390. The summed E-state index contributed by atoms with van der Waals surface area (Å²) in [5.41, 5.74) is 1.38. The Labute approximate surface area is 118 Å². The van der Waals surface area contributed by atoms with Gasteiger partial charge in [0.2, 0.25) is 0 Å². The Morgan fingerprint density at radius 1 is 1.30 bits per heavy atom. The van der Waals surface area contributed by atoms with Crippen molar-refractivity contribution in [1.82, 2.24) is 4.90 Å². The molecule has 1 aromatic carbocycles. The highest BCUT2D eigenvalue weighted by atomic mass is 19.1. The van der Waals surface area contributed by atoms with Crippen LogP contribution in [0.2, 0.25) is 0 Å². The van der Waals surface area contributed by atoms with Gasteiger partial charge in [-0.25, -0.2) is 4.39 Å². The molecule has 0 N–H and O–H groups in total. The van der Waals surface area contributed by atoms with Gasteiger partial charge in [-0.2, -0.15) is 0 Å². The number of methoxy groups -OCH3 is 1. The first-order chi connectivity index (χ1) is 9.69. The number of carbonyl (C=O) groups excluding carboxylic acids is 1. The fourth-order valence-corrected chi connectivity index (χ4v) is 3.36. The number of ether oxygens (including phenoxy) is 1. The Morgan fingerprint density at radius 3 is 2.75 bits per heavy atom. The highest BCUT2D eigenvalue weighted by Gasteiger charge is 2.31. The van der Waals surface area contributed by atoms with Crippen molar-refractivity contribution in [2.24, 2.45) is 5.92 Å². The van der Waals surface area contributed by atoms with E-state index in [1.165, 1.54) is 51.3 Å². The third-order valence-corrected chi connectivity index (χ3v) is 4.46. The minimum Gasteiger partial charge on any atom is -0.494 e. The zero-order valence-electron chi connectivity index (χ0n) is 11.8. The summed E-state index contributed by atoms with van der Waals surface area (Å²) in [7, 11) is 1.42. The molecule has 1 fully saturated rings. The molecule has 1 saturated carbocycles.